The Kier molecular flexibility index (Phi) is 5.26. The summed E-state index contributed by atoms with van der Waals surface area (Å²) in [7, 11) is 0. The fraction of sp³-hybridized carbons (Fsp3) is 0.227. The number of carboxylic acids is 1. The molecule has 0 saturated carbocycles. The van der Waals surface area contributed by atoms with Crippen LogP contribution in [-0.2, 0) is 11.4 Å². The van der Waals surface area contributed by atoms with Crippen molar-refractivity contribution >= 4 is 50.2 Å². The number of anilines is 4. The molecule has 0 aliphatic carbocycles. The molecule has 9 heteroatoms. The van der Waals surface area contributed by atoms with E-state index in [1.807, 2.05) is 4.90 Å². The number of carbonyl (C=O) groups is 1. The first-order valence-corrected chi connectivity index (χ1v) is 10.4. The van der Waals surface area contributed by atoms with Crippen LogP contribution in [0.1, 0.15) is 23.1 Å². The number of aliphatic hydroxyl groups excluding tert-OH is 1. The molecule has 0 atom stereocenters. The number of nitrogen functional groups attached to an aromatic ring is 1. The van der Waals surface area contributed by atoms with Crippen LogP contribution in [0.5, 0.6) is 0 Å². The lowest BCUT2D eigenvalue weighted by Crippen LogP contribution is -2.38. The van der Waals surface area contributed by atoms with Gasteiger partial charge in [-0.1, -0.05) is 6.58 Å². The van der Waals surface area contributed by atoms with Crippen molar-refractivity contribution in [3.8, 4) is 0 Å². The summed E-state index contributed by atoms with van der Waals surface area (Å²) in [6.07, 6.45) is 2.27. The average molecular weight is 492 g/mol. The second-order valence-corrected chi connectivity index (χ2v) is 8.32. The fourth-order valence-electron chi connectivity index (χ4n) is 3.95. The van der Waals surface area contributed by atoms with Crippen LogP contribution in [0.15, 0.2) is 35.0 Å². The van der Waals surface area contributed by atoms with E-state index in [-0.39, 0.29) is 33.6 Å². The number of nitrogens with zero attached hydrogens (tertiary/aromatic N) is 2. The standard InChI is InChI=1S/C22H20BrF2N3O3/c1-10-13(22(30)31)8-28(16-7-15(26)14(24)6-12(16)9-29)20-17(10)11(2)19(25)21(18(20)23)27-4-3-5-27/h6-8,29H,1,3-5,9,26H2,2H3,(H,30,31). The molecule has 2 aromatic rings. The summed E-state index contributed by atoms with van der Waals surface area (Å²) in [6, 6.07) is 2.42. The van der Waals surface area contributed by atoms with Crippen molar-refractivity contribution in [2.24, 2.45) is 0 Å². The summed E-state index contributed by atoms with van der Waals surface area (Å²) in [5.74, 6) is -2.41. The van der Waals surface area contributed by atoms with Gasteiger partial charge in [-0.3, -0.25) is 0 Å². The van der Waals surface area contributed by atoms with E-state index < -0.39 is 24.2 Å². The van der Waals surface area contributed by atoms with E-state index in [1.54, 1.807) is 6.92 Å². The summed E-state index contributed by atoms with van der Waals surface area (Å²) >= 11 is 3.52. The molecular weight excluding hydrogens is 472 g/mol. The molecule has 0 radical (unpaired) electrons. The first-order valence-electron chi connectivity index (χ1n) is 9.56. The summed E-state index contributed by atoms with van der Waals surface area (Å²) in [6.45, 7) is 6.35. The van der Waals surface area contributed by atoms with Gasteiger partial charge in [0.05, 0.1) is 39.4 Å². The Morgan fingerprint density at radius 1 is 1.29 bits per heavy atom. The number of nitrogens with two attached hydrogens (primary N) is 1. The Morgan fingerprint density at radius 3 is 2.52 bits per heavy atom. The van der Waals surface area contributed by atoms with Crippen molar-refractivity contribution < 1.29 is 23.8 Å². The van der Waals surface area contributed by atoms with Gasteiger partial charge in [0.15, 0.2) is 5.82 Å². The topological polar surface area (TPSA) is 90.0 Å². The minimum Gasteiger partial charge on any atom is -0.478 e. The predicted molar refractivity (Wildman–Crippen MR) is 119 cm³/mol. The van der Waals surface area contributed by atoms with Crippen LogP contribution >= 0.6 is 15.9 Å². The van der Waals surface area contributed by atoms with Crippen LogP contribution in [0.2, 0.25) is 0 Å². The molecule has 2 aromatic carbocycles. The van der Waals surface area contributed by atoms with E-state index >= 15 is 4.39 Å². The Bertz CT molecular complexity index is 1180. The zero-order valence-electron chi connectivity index (χ0n) is 16.7. The molecule has 0 aromatic heterocycles. The third-order valence-electron chi connectivity index (χ3n) is 5.72. The zero-order valence-corrected chi connectivity index (χ0v) is 18.3. The highest BCUT2D eigenvalue weighted by Crippen LogP contribution is 2.52. The lowest BCUT2D eigenvalue weighted by Gasteiger charge is -2.39. The predicted octanol–water partition coefficient (Wildman–Crippen LogP) is 4.45. The molecule has 0 amide bonds. The molecule has 2 heterocycles. The van der Waals surface area contributed by atoms with Crippen molar-refractivity contribution in [3.05, 3.63) is 63.3 Å². The lowest BCUT2D eigenvalue weighted by atomic mass is 9.89. The molecule has 31 heavy (non-hydrogen) atoms. The van der Waals surface area contributed by atoms with Gasteiger partial charge in [0.25, 0.3) is 0 Å². The number of halogens is 3. The van der Waals surface area contributed by atoms with E-state index in [2.05, 4.69) is 22.5 Å². The van der Waals surface area contributed by atoms with Gasteiger partial charge in [0, 0.05) is 30.4 Å². The van der Waals surface area contributed by atoms with E-state index in [1.165, 1.54) is 17.2 Å². The van der Waals surface area contributed by atoms with Gasteiger partial charge in [-0.05, 0) is 52.5 Å². The summed E-state index contributed by atoms with van der Waals surface area (Å²) in [5, 5.41) is 19.6. The number of rotatable bonds is 4. The summed E-state index contributed by atoms with van der Waals surface area (Å²) in [4.78, 5) is 15.3. The van der Waals surface area contributed by atoms with Crippen LogP contribution in [0.25, 0.3) is 5.57 Å². The van der Waals surface area contributed by atoms with E-state index in [4.69, 9.17) is 5.73 Å². The summed E-state index contributed by atoms with van der Waals surface area (Å²) in [5.41, 5.74) is 7.50. The quantitative estimate of drug-likeness (QED) is 0.547. The molecule has 2 aliphatic rings. The van der Waals surface area contributed by atoms with E-state index in [0.29, 0.717) is 34.5 Å². The minimum atomic E-state index is -1.25. The highest BCUT2D eigenvalue weighted by Gasteiger charge is 2.35. The van der Waals surface area contributed by atoms with Crippen molar-refractivity contribution in [2.75, 3.05) is 28.6 Å². The molecule has 0 bridgehead atoms. The van der Waals surface area contributed by atoms with Gasteiger partial charge in [-0.2, -0.15) is 0 Å². The first kappa shape index (κ1) is 21.3. The molecule has 6 nitrogen and oxygen atoms in total. The van der Waals surface area contributed by atoms with Crippen LogP contribution in [0.3, 0.4) is 0 Å². The highest BCUT2D eigenvalue weighted by atomic mass is 79.9. The number of carboxylic acid groups (broad SMARTS) is 1. The molecule has 0 spiro atoms. The van der Waals surface area contributed by atoms with Crippen molar-refractivity contribution in [3.63, 3.8) is 0 Å². The third kappa shape index (κ3) is 3.19. The van der Waals surface area contributed by atoms with Crippen LogP contribution in [0, 0.1) is 18.6 Å². The van der Waals surface area contributed by atoms with Crippen LogP contribution in [0.4, 0.5) is 31.5 Å². The largest absolute Gasteiger partial charge is 0.478 e. The maximum Gasteiger partial charge on any atom is 0.337 e. The van der Waals surface area contributed by atoms with Crippen molar-refractivity contribution in [2.45, 2.75) is 20.0 Å². The highest BCUT2D eigenvalue weighted by molar-refractivity contribution is 9.10. The SMILES string of the molecule is C=C1C(C(=O)O)=CN(c2cc(N)c(F)cc2CO)c2c(Br)c(N3CCC3)c(F)c(C)c21. The van der Waals surface area contributed by atoms with Gasteiger partial charge in [0.1, 0.15) is 5.82 Å². The number of aliphatic carboxylic acids is 1. The van der Waals surface area contributed by atoms with Crippen LogP contribution in [-0.4, -0.2) is 29.3 Å². The number of hydrogen-bond donors (Lipinski definition) is 3. The molecule has 1 saturated heterocycles. The maximum atomic E-state index is 15.4. The molecule has 4 N–H and O–H groups in total. The fourth-order valence-corrected chi connectivity index (χ4v) is 4.76. The second-order valence-electron chi connectivity index (χ2n) is 7.52. The van der Waals surface area contributed by atoms with E-state index in [9.17, 15) is 19.4 Å². The number of benzene rings is 2. The Labute approximate surface area is 186 Å². The lowest BCUT2D eigenvalue weighted by molar-refractivity contribution is -0.132. The monoisotopic (exact) mass is 491 g/mol. The summed E-state index contributed by atoms with van der Waals surface area (Å²) < 4.78 is 29.9. The van der Waals surface area contributed by atoms with Gasteiger partial charge < -0.3 is 25.7 Å². The smallest absolute Gasteiger partial charge is 0.337 e. The normalized spacial score (nSPS) is 15.5. The van der Waals surface area contributed by atoms with E-state index in [0.717, 1.165) is 12.5 Å². The zero-order chi connectivity index (χ0) is 22.6. The van der Waals surface area contributed by atoms with Gasteiger partial charge >= 0.3 is 5.97 Å². The van der Waals surface area contributed by atoms with Crippen molar-refractivity contribution in [1.29, 1.82) is 0 Å². The van der Waals surface area contributed by atoms with Gasteiger partial charge in [-0.25, -0.2) is 13.6 Å². The Balaban J connectivity index is 2.08. The molecule has 2 aliphatic heterocycles. The third-order valence-corrected chi connectivity index (χ3v) is 6.47. The molecular formula is C22H20BrF2N3O3. The Hall–Kier alpha value is -2.91. The molecule has 4 rings (SSSR count). The maximum absolute atomic E-state index is 15.4. The van der Waals surface area contributed by atoms with Crippen molar-refractivity contribution in [1.82, 2.24) is 0 Å². The second kappa shape index (κ2) is 7.65. The first-order chi connectivity index (χ1) is 14.7. The molecule has 0 unspecified atom stereocenters. The van der Waals surface area contributed by atoms with Gasteiger partial charge in [-0.15, -0.1) is 0 Å². The molecule has 1 fully saturated rings. The van der Waals surface area contributed by atoms with Crippen LogP contribution < -0.4 is 15.5 Å². The number of hydrogen-bond acceptors (Lipinski definition) is 5. The minimum absolute atomic E-state index is 0.148. The number of fused-ring (bicyclic) bond motifs is 1. The average Bonchev–Trinajstić information content (AvgIpc) is 2.69. The Morgan fingerprint density at radius 2 is 1.97 bits per heavy atom. The number of aliphatic hydroxyl groups is 1. The van der Waals surface area contributed by atoms with Gasteiger partial charge in [0.2, 0.25) is 0 Å². The molecule has 162 valence electrons.